The summed E-state index contributed by atoms with van der Waals surface area (Å²) in [6.07, 6.45) is 0.0374. The van der Waals surface area contributed by atoms with Crippen LogP contribution in [0.2, 0.25) is 0 Å². The van der Waals surface area contributed by atoms with Gasteiger partial charge in [0.05, 0.1) is 6.42 Å². The maximum atomic E-state index is 10.6. The molecular weight excluding hydrogens is 290 g/mol. The number of nitrogens with zero attached hydrogens (tertiary/aromatic N) is 2. The van der Waals surface area contributed by atoms with E-state index in [4.69, 9.17) is 5.11 Å². The van der Waals surface area contributed by atoms with E-state index in [1.54, 1.807) is 0 Å². The molecule has 3 aromatic rings. The summed E-state index contributed by atoms with van der Waals surface area (Å²) in [4.78, 5) is 10.6. The van der Waals surface area contributed by atoms with Crippen molar-refractivity contribution in [1.82, 2.24) is 10.2 Å². The molecule has 1 aromatic heterocycles. The van der Waals surface area contributed by atoms with Crippen molar-refractivity contribution < 1.29 is 9.90 Å². The highest BCUT2D eigenvalue weighted by Crippen LogP contribution is 2.29. The van der Waals surface area contributed by atoms with Crippen molar-refractivity contribution in [2.24, 2.45) is 0 Å². The topological polar surface area (TPSA) is 75.1 Å². The maximum absolute atomic E-state index is 10.6. The molecule has 5 nitrogen and oxygen atoms in total. The zero-order valence-electron chi connectivity index (χ0n) is 12.8. The van der Waals surface area contributed by atoms with Crippen LogP contribution < -0.4 is 5.32 Å². The Morgan fingerprint density at radius 2 is 1.74 bits per heavy atom. The molecule has 0 aliphatic carbocycles. The number of carboxylic acids is 1. The molecule has 5 heteroatoms. The fourth-order valence-electron chi connectivity index (χ4n) is 2.45. The zero-order chi connectivity index (χ0) is 16.2. The van der Waals surface area contributed by atoms with Gasteiger partial charge >= 0.3 is 5.97 Å². The predicted molar refractivity (Wildman–Crippen MR) is 90.5 cm³/mol. The largest absolute Gasteiger partial charge is 0.481 e. The van der Waals surface area contributed by atoms with Crippen LogP contribution in [0.1, 0.15) is 12.0 Å². The molecule has 0 bridgehead atoms. The number of rotatable bonds is 5. The molecular formula is C18H17N3O2. The van der Waals surface area contributed by atoms with Gasteiger partial charge in [-0.15, -0.1) is 10.2 Å². The molecule has 1 heterocycles. The summed E-state index contributed by atoms with van der Waals surface area (Å²) in [5.74, 6) is -0.233. The number of hydrogen-bond donors (Lipinski definition) is 2. The van der Waals surface area contributed by atoms with Crippen molar-refractivity contribution in [3.63, 3.8) is 0 Å². The Labute approximate surface area is 134 Å². The van der Waals surface area contributed by atoms with Gasteiger partial charge in [0, 0.05) is 22.9 Å². The van der Waals surface area contributed by atoms with Crippen LogP contribution in [-0.2, 0) is 4.79 Å². The van der Waals surface area contributed by atoms with E-state index in [2.05, 4.69) is 15.5 Å². The lowest BCUT2D eigenvalue weighted by Gasteiger charge is -2.10. The number of aliphatic carboxylic acids is 1. The number of nitrogens with one attached hydrogen (secondary N) is 1. The molecule has 0 spiro atoms. The minimum absolute atomic E-state index is 0.0374. The molecule has 3 rings (SSSR count). The van der Waals surface area contributed by atoms with Crippen LogP contribution in [-0.4, -0.2) is 27.8 Å². The highest BCUT2D eigenvalue weighted by atomic mass is 16.4. The van der Waals surface area contributed by atoms with Crippen molar-refractivity contribution >= 4 is 22.6 Å². The predicted octanol–water partition coefficient (Wildman–Crippen LogP) is 3.49. The van der Waals surface area contributed by atoms with E-state index < -0.39 is 5.97 Å². The Kier molecular flexibility index (Phi) is 4.19. The second-order valence-corrected chi connectivity index (χ2v) is 5.38. The van der Waals surface area contributed by atoms with Crippen molar-refractivity contribution in [2.75, 3.05) is 11.9 Å². The van der Waals surface area contributed by atoms with Crippen LogP contribution in [0.15, 0.2) is 48.5 Å². The first kappa shape index (κ1) is 15.0. The van der Waals surface area contributed by atoms with E-state index in [1.807, 2.05) is 55.5 Å². The average molecular weight is 307 g/mol. The fourth-order valence-corrected chi connectivity index (χ4v) is 2.45. The summed E-state index contributed by atoms with van der Waals surface area (Å²) in [6.45, 7) is 2.36. The van der Waals surface area contributed by atoms with Crippen LogP contribution >= 0.6 is 0 Å². The normalized spacial score (nSPS) is 10.7. The number of carboxylic acid groups (broad SMARTS) is 1. The molecule has 0 aliphatic heterocycles. The number of aromatic nitrogens is 2. The summed E-state index contributed by atoms with van der Waals surface area (Å²) >= 11 is 0. The number of anilines is 1. The maximum Gasteiger partial charge on any atom is 0.305 e. The minimum atomic E-state index is -0.842. The Bertz CT molecular complexity index is 845. The van der Waals surface area contributed by atoms with E-state index in [-0.39, 0.29) is 6.42 Å². The third-order valence-corrected chi connectivity index (χ3v) is 3.64. The summed E-state index contributed by atoms with van der Waals surface area (Å²) in [5.41, 5.74) is 3.03. The van der Waals surface area contributed by atoms with Crippen LogP contribution in [0, 0.1) is 6.92 Å². The van der Waals surface area contributed by atoms with Gasteiger partial charge < -0.3 is 10.4 Å². The lowest BCUT2D eigenvalue weighted by Crippen LogP contribution is -2.09. The van der Waals surface area contributed by atoms with Gasteiger partial charge in [-0.1, -0.05) is 54.1 Å². The van der Waals surface area contributed by atoms with Gasteiger partial charge in [-0.2, -0.15) is 0 Å². The highest BCUT2D eigenvalue weighted by Gasteiger charge is 2.10. The Hall–Kier alpha value is -2.95. The first-order valence-electron chi connectivity index (χ1n) is 7.43. The lowest BCUT2D eigenvalue weighted by atomic mass is 10.0. The second kappa shape index (κ2) is 6.44. The van der Waals surface area contributed by atoms with Crippen molar-refractivity contribution in [1.29, 1.82) is 0 Å². The third kappa shape index (κ3) is 3.29. The van der Waals surface area contributed by atoms with Crippen molar-refractivity contribution in [3.05, 3.63) is 54.1 Å². The van der Waals surface area contributed by atoms with E-state index >= 15 is 0 Å². The molecule has 116 valence electrons. The average Bonchev–Trinajstić information content (AvgIpc) is 2.56. The number of benzene rings is 2. The minimum Gasteiger partial charge on any atom is -0.481 e. The molecule has 0 saturated heterocycles. The zero-order valence-corrected chi connectivity index (χ0v) is 12.8. The second-order valence-electron chi connectivity index (χ2n) is 5.38. The van der Waals surface area contributed by atoms with Crippen LogP contribution in [0.5, 0.6) is 0 Å². The molecule has 2 N–H and O–H groups in total. The third-order valence-electron chi connectivity index (χ3n) is 3.64. The number of aryl methyl sites for hydroxylation is 1. The van der Waals surface area contributed by atoms with Crippen molar-refractivity contribution in [2.45, 2.75) is 13.3 Å². The molecule has 0 fully saturated rings. The summed E-state index contributed by atoms with van der Waals surface area (Å²) in [7, 11) is 0. The van der Waals surface area contributed by atoms with Crippen LogP contribution in [0.3, 0.4) is 0 Å². The van der Waals surface area contributed by atoms with Gasteiger partial charge in [0.1, 0.15) is 5.69 Å². The molecule has 0 radical (unpaired) electrons. The van der Waals surface area contributed by atoms with Gasteiger partial charge in [-0.05, 0) is 6.92 Å². The molecule has 2 aromatic carbocycles. The standard InChI is InChI=1S/C18H17N3O2/c1-12-6-8-13(9-7-12)17-14-4-2-3-5-15(14)18(21-20-17)19-11-10-16(22)23/h2-9H,10-11H2,1H3,(H,19,21)(H,22,23). The summed E-state index contributed by atoms with van der Waals surface area (Å²) < 4.78 is 0. The van der Waals surface area contributed by atoms with Crippen LogP contribution in [0.4, 0.5) is 5.82 Å². The van der Waals surface area contributed by atoms with Crippen LogP contribution in [0.25, 0.3) is 22.0 Å². The molecule has 0 atom stereocenters. The van der Waals surface area contributed by atoms with Gasteiger partial charge in [-0.25, -0.2) is 0 Å². The number of hydrogen-bond acceptors (Lipinski definition) is 4. The van der Waals surface area contributed by atoms with Gasteiger partial charge in [0.15, 0.2) is 5.82 Å². The number of carbonyl (C=O) groups is 1. The first-order valence-corrected chi connectivity index (χ1v) is 7.43. The van der Waals surface area contributed by atoms with Gasteiger partial charge in [-0.3, -0.25) is 4.79 Å². The summed E-state index contributed by atoms with van der Waals surface area (Å²) in [5, 5.41) is 22.3. The molecule has 0 saturated carbocycles. The Morgan fingerprint density at radius 3 is 2.43 bits per heavy atom. The smallest absolute Gasteiger partial charge is 0.305 e. The molecule has 0 unspecified atom stereocenters. The van der Waals surface area contributed by atoms with Gasteiger partial charge in [0.25, 0.3) is 0 Å². The SMILES string of the molecule is Cc1ccc(-c2nnc(NCCC(=O)O)c3ccccc23)cc1. The quantitative estimate of drug-likeness (QED) is 0.754. The highest BCUT2D eigenvalue weighted by molar-refractivity contribution is 6.00. The monoisotopic (exact) mass is 307 g/mol. The molecule has 0 aliphatic rings. The molecule has 23 heavy (non-hydrogen) atoms. The molecule has 0 amide bonds. The van der Waals surface area contributed by atoms with E-state index in [1.165, 1.54) is 5.56 Å². The summed E-state index contributed by atoms with van der Waals surface area (Å²) in [6, 6.07) is 16.0. The first-order chi connectivity index (χ1) is 11.1. The Balaban J connectivity index is 2.02. The van der Waals surface area contributed by atoms with Crippen molar-refractivity contribution in [3.8, 4) is 11.3 Å². The van der Waals surface area contributed by atoms with E-state index in [0.29, 0.717) is 12.4 Å². The fraction of sp³-hybridized carbons (Fsp3) is 0.167. The van der Waals surface area contributed by atoms with E-state index in [0.717, 1.165) is 22.0 Å². The number of fused-ring (bicyclic) bond motifs is 1. The lowest BCUT2D eigenvalue weighted by molar-refractivity contribution is -0.136. The van der Waals surface area contributed by atoms with Gasteiger partial charge in [0.2, 0.25) is 0 Å². The Morgan fingerprint density at radius 1 is 1.04 bits per heavy atom. The van der Waals surface area contributed by atoms with E-state index in [9.17, 15) is 4.79 Å².